The van der Waals surface area contributed by atoms with Crippen LogP contribution < -0.4 is 18.9 Å². The predicted octanol–water partition coefficient (Wildman–Crippen LogP) is 10.0. The highest BCUT2D eigenvalue weighted by Crippen LogP contribution is 2.42. The van der Waals surface area contributed by atoms with Gasteiger partial charge >= 0.3 is 5.97 Å². The zero-order valence-corrected chi connectivity index (χ0v) is 35.1. The van der Waals surface area contributed by atoms with Gasteiger partial charge in [-0.1, -0.05) is 81.8 Å². The van der Waals surface area contributed by atoms with E-state index in [1.54, 1.807) is 14.2 Å². The molecule has 0 aliphatic heterocycles. The van der Waals surface area contributed by atoms with Crippen molar-refractivity contribution in [2.45, 2.75) is 83.2 Å². The smallest absolute Gasteiger partial charge is 0.306 e. The Labute approximate surface area is 332 Å². The maximum atomic E-state index is 12.8. The summed E-state index contributed by atoms with van der Waals surface area (Å²) in [5, 5.41) is 12.1. The minimum absolute atomic E-state index is 0.0975. The van der Waals surface area contributed by atoms with Crippen LogP contribution in [0.25, 0.3) is 0 Å². The molecule has 0 N–H and O–H groups in total. The molecule has 11 nitrogen and oxygen atoms in total. The Morgan fingerprint density at radius 1 is 0.696 bits per heavy atom. The monoisotopic (exact) mass is 787 g/mol. The van der Waals surface area contributed by atoms with Gasteiger partial charge in [-0.15, -0.1) is 0 Å². The number of nitro groups is 1. The third-order valence-corrected chi connectivity index (χ3v) is 14.8. The number of methoxy groups -OCH3 is 3. The minimum Gasteiger partial charge on any atom is -0.497 e. The van der Waals surface area contributed by atoms with Gasteiger partial charge in [-0.25, -0.2) is 0 Å². The summed E-state index contributed by atoms with van der Waals surface area (Å²) in [6.45, 7) is 11.9. The maximum Gasteiger partial charge on any atom is 0.306 e. The summed E-state index contributed by atoms with van der Waals surface area (Å²) >= 11 is 0. The number of ether oxygens (including phenoxy) is 6. The first-order chi connectivity index (χ1) is 26.7. The van der Waals surface area contributed by atoms with Gasteiger partial charge in [0.1, 0.15) is 23.7 Å². The molecule has 0 amide bonds. The van der Waals surface area contributed by atoms with Gasteiger partial charge in [0.15, 0.2) is 19.8 Å². The number of nitrogens with zero attached hydrogens (tertiary/aromatic N) is 1. The van der Waals surface area contributed by atoms with Crippen molar-refractivity contribution in [2.24, 2.45) is 0 Å². The molecule has 0 bridgehead atoms. The quantitative estimate of drug-likeness (QED) is 0.0190. The lowest BCUT2D eigenvalue weighted by molar-refractivity contribution is -0.385. The third-order valence-electron chi connectivity index (χ3n) is 10.3. The largest absolute Gasteiger partial charge is 0.497 e. The molecule has 0 radical (unpaired) electrons. The highest BCUT2D eigenvalue weighted by Gasteiger charge is 2.38. The Morgan fingerprint density at radius 3 is 1.82 bits per heavy atom. The van der Waals surface area contributed by atoms with Crippen molar-refractivity contribution >= 4 is 20.0 Å². The fourth-order valence-electron chi connectivity index (χ4n) is 6.01. The van der Waals surface area contributed by atoms with Crippen molar-refractivity contribution in [2.75, 3.05) is 41.2 Å². The lowest BCUT2D eigenvalue weighted by atomic mass is 9.80. The summed E-state index contributed by atoms with van der Waals surface area (Å²) in [6, 6.07) is 28.6. The van der Waals surface area contributed by atoms with Gasteiger partial charge in [0.05, 0.1) is 44.5 Å². The van der Waals surface area contributed by atoms with Gasteiger partial charge < -0.3 is 32.8 Å². The number of nitro benzene ring substituents is 1. The first-order valence-electron chi connectivity index (χ1n) is 19.0. The van der Waals surface area contributed by atoms with Crippen LogP contribution >= 0.6 is 0 Å². The number of carbonyl (C=O) groups excluding carboxylic acids is 1. The second-order valence-electron chi connectivity index (χ2n) is 15.0. The molecule has 0 atom stereocenters. The van der Waals surface area contributed by atoms with Gasteiger partial charge in [0.2, 0.25) is 0 Å². The van der Waals surface area contributed by atoms with Gasteiger partial charge in [-0.2, -0.15) is 0 Å². The SMILES string of the molecule is COc1ccc(C(OCCCCCC(=O)OCc2cc(OC)c(OCCCO[Si](C)(C)C(C)(C)C)cc2[N+](=O)[O-])(c2ccccc2)c2ccc(OC)cc2)cc1. The molecule has 4 aromatic rings. The van der Waals surface area contributed by atoms with Crippen LogP contribution in [0.3, 0.4) is 0 Å². The molecule has 0 heterocycles. The molecular weight excluding hydrogens is 731 g/mol. The van der Waals surface area contributed by atoms with E-state index in [0.29, 0.717) is 51.3 Å². The molecule has 0 aliphatic carbocycles. The molecule has 0 aliphatic rings. The molecule has 0 aromatic heterocycles. The van der Waals surface area contributed by atoms with E-state index >= 15 is 0 Å². The van der Waals surface area contributed by atoms with Crippen LogP contribution in [0.5, 0.6) is 23.0 Å². The van der Waals surface area contributed by atoms with Crippen molar-refractivity contribution in [3.8, 4) is 23.0 Å². The van der Waals surface area contributed by atoms with E-state index in [2.05, 4.69) is 46.0 Å². The average Bonchev–Trinajstić information content (AvgIpc) is 3.19. The molecule has 302 valence electrons. The fourth-order valence-corrected chi connectivity index (χ4v) is 7.10. The Balaban J connectivity index is 1.34. The Morgan fingerprint density at radius 2 is 1.29 bits per heavy atom. The third kappa shape index (κ3) is 11.3. The number of benzene rings is 4. The van der Waals surface area contributed by atoms with E-state index < -0.39 is 24.8 Å². The molecular formula is C44H57NO10Si. The summed E-state index contributed by atoms with van der Waals surface area (Å²) in [4.78, 5) is 24.3. The summed E-state index contributed by atoms with van der Waals surface area (Å²) in [6.07, 6.45) is 2.72. The van der Waals surface area contributed by atoms with Crippen LogP contribution in [-0.2, 0) is 30.9 Å². The number of esters is 1. The molecule has 12 heteroatoms. The van der Waals surface area contributed by atoms with Crippen LogP contribution in [0.2, 0.25) is 18.1 Å². The number of carbonyl (C=O) groups is 1. The molecule has 0 saturated carbocycles. The van der Waals surface area contributed by atoms with E-state index in [0.717, 1.165) is 28.2 Å². The van der Waals surface area contributed by atoms with E-state index in [-0.39, 0.29) is 35.1 Å². The highest BCUT2D eigenvalue weighted by atomic mass is 28.4. The summed E-state index contributed by atoms with van der Waals surface area (Å²) < 4.78 is 40.8. The molecule has 0 spiro atoms. The van der Waals surface area contributed by atoms with Gasteiger partial charge in [0.25, 0.3) is 5.69 Å². The predicted molar refractivity (Wildman–Crippen MR) is 219 cm³/mol. The van der Waals surface area contributed by atoms with Gasteiger partial charge in [-0.3, -0.25) is 14.9 Å². The normalized spacial score (nSPS) is 11.9. The van der Waals surface area contributed by atoms with E-state index in [1.165, 1.54) is 19.2 Å². The standard InChI is InChI=1S/C44H57NO10Si/c1-43(2,3)56(7,8)55-29-15-27-52-41-31-39(45(47)48)33(30-40(41)51-6)32-53-42(46)18-13-10-14-28-54-44(34-16-11-9-12-17-34,35-19-23-37(49-4)24-20-35)36-21-25-38(50-5)26-22-36/h9,11-12,16-17,19-26,30-31H,10,13-15,18,27-29,32H2,1-8H3. The first kappa shape index (κ1) is 43.8. The van der Waals surface area contributed by atoms with E-state index in [1.807, 2.05) is 66.7 Å². The minimum atomic E-state index is -1.89. The van der Waals surface area contributed by atoms with Crippen LogP contribution in [0.4, 0.5) is 5.69 Å². The highest BCUT2D eigenvalue weighted by molar-refractivity contribution is 6.74. The van der Waals surface area contributed by atoms with Gasteiger partial charge in [0, 0.05) is 26.1 Å². The topological polar surface area (TPSA) is 125 Å². The Bertz CT molecular complexity index is 1790. The number of rotatable bonds is 22. The molecule has 0 unspecified atom stereocenters. The van der Waals surface area contributed by atoms with Crippen LogP contribution in [-0.4, -0.2) is 60.4 Å². The Hall–Kier alpha value is -4.91. The van der Waals surface area contributed by atoms with E-state index in [4.69, 9.17) is 32.8 Å². The number of hydrogen-bond donors (Lipinski definition) is 0. The number of hydrogen-bond acceptors (Lipinski definition) is 10. The molecule has 4 aromatic carbocycles. The number of unbranched alkanes of at least 4 members (excludes halogenated alkanes) is 2. The Kier molecular flexibility index (Phi) is 15.9. The summed E-state index contributed by atoms with van der Waals surface area (Å²) in [7, 11) is 2.85. The van der Waals surface area contributed by atoms with Crippen molar-refractivity contribution < 1.29 is 42.6 Å². The average molecular weight is 788 g/mol. The second-order valence-corrected chi connectivity index (χ2v) is 19.8. The molecule has 0 fully saturated rings. The van der Waals surface area contributed by atoms with Crippen molar-refractivity contribution in [3.05, 3.63) is 123 Å². The maximum absolute atomic E-state index is 12.8. The zero-order valence-electron chi connectivity index (χ0n) is 34.1. The lowest BCUT2D eigenvalue weighted by Gasteiger charge is -2.36. The van der Waals surface area contributed by atoms with Crippen molar-refractivity contribution in [1.29, 1.82) is 0 Å². The summed E-state index contributed by atoms with van der Waals surface area (Å²) in [5.74, 6) is 1.61. The van der Waals surface area contributed by atoms with Crippen LogP contribution in [0.15, 0.2) is 91.0 Å². The lowest BCUT2D eigenvalue weighted by Crippen LogP contribution is -2.41. The molecule has 56 heavy (non-hydrogen) atoms. The van der Waals surface area contributed by atoms with Crippen LogP contribution in [0.1, 0.15) is 75.1 Å². The van der Waals surface area contributed by atoms with Crippen LogP contribution in [0, 0.1) is 10.1 Å². The van der Waals surface area contributed by atoms with Crippen molar-refractivity contribution in [3.63, 3.8) is 0 Å². The second kappa shape index (κ2) is 20.3. The molecule has 4 rings (SSSR count). The van der Waals surface area contributed by atoms with E-state index in [9.17, 15) is 14.9 Å². The van der Waals surface area contributed by atoms with Crippen molar-refractivity contribution in [1.82, 2.24) is 0 Å². The molecule has 0 saturated heterocycles. The summed E-state index contributed by atoms with van der Waals surface area (Å²) in [5.41, 5.74) is 1.94. The zero-order chi connectivity index (χ0) is 40.8. The fraction of sp³-hybridized carbons (Fsp3) is 0.432. The first-order valence-corrected chi connectivity index (χ1v) is 21.9. The van der Waals surface area contributed by atoms with Gasteiger partial charge in [-0.05, 0) is 78.0 Å².